The highest BCUT2D eigenvalue weighted by molar-refractivity contribution is 6.36. The van der Waals surface area contributed by atoms with Gasteiger partial charge in [0.25, 0.3) is 0 Å². The van der Waals surface area contributed by atoms with E-state index in [4.69, 9.17) is 28.9 Å². The van der Waals surface area contributed by atoms with Crippen molar-refractivity contribution in [2.24, 2.45) is 0 Å². The largest absolute Gasteiger partial charge is 0.383 e. The zero-order chi connectivity index (χ0) is 13.4. The summed E-state index contributed by atoms with van der Waals surface area (Å²) in [4.78, 5) is 4.50. The Balaban J connectivity index is 2.62. The first-order valence-corrected chi connectivity index (χ1v) is 6.47. The molecule has 2 rings (SSSR count). The van der Waals surface area contributed by atoms with Crippen molar-refractivity contribution in [2.75, 3.05) is 5.73 Å². The Morgan fingerprint density at radius 2 is 1.94 bits per heavy atom. The summed E-state index contributed by atoms with van der Waals surface area (Å²) in [5.74, 6) is 1.51. The van der Waals surface area contributed by atoms with Crippen molar-refractivity contribution >= 4 is 29.0 Å². The number of benzene rings is 1. The Labute approximate surface area is 117 Å². The zero-order valence-corrected chi connectivity index (χ0v) is 12.0. The molecule has 96 valence electrons. The van der Waals surface area contributed by atoms with Crippen LogP contribution in [0.15, 0.2) is 18.2 Å². The van der Waals surface area contributed by atoms with E-state index in [1.54, 1.807) is 12.1 Å². The van der Waals surface area contributed by atoms with E-state index in [0.717, 1.165) is 11.4 Å². The molecule has 0 saturated heterocycles. The molecule has 2 aromatic rings. The van der Waals surface area contributed by atoms with E-state index >= 15 is 0 Å². The average molecular weight is 284 g/mol. The van der Waals surface area contributed by atoms with Gasteiger partial charge in [0.1, 0.15) is 17.3 Å². The van der Waals surface area contributed by atoms with Crippen LogP contribution in [0.3, 0.4) is 0 Å². The second kappa shape index (κ2) is 4.82. The number of anilines is 1. The number of aryl methyl sites for hydroxylation is 1. The molecule has 0 spiro atoms. The van der Waals surface area contributed by atoms with Gasteiger partial charge in [-0.1, -0.05) is 23.2 Å². The predicted octanol–water partition coefficient (Wildman–Crippen LogP) is 4.33. The molecule has 3 nitrogen and oxygen atoms in total. The molecule has 0 radical (unpaired) electrons. The summed E-state index contributed by atoms with van der Waals surface area (Å²) < 4.78 is 1.99. The third-order valence-corrected chi connectivity index (χ3v) is 3.37. The fourth-order valence-electron chi connectivity index (χ4n) is 2.09. The van der Waals surface area contributed by atoms with Crippen LogP contribution in [0.2, 0.25) is 10.0 Å². The highest BCUT2D eigenvalue weighted by Gasteiger charge is 2.17. The van der Waals surface area contributed by atoms with Crippen LogP contribution in [0.1, 0.15) is 25.7 Å². The molecule has 5 heteroatoms. The number of nitrogens with two attached hydrogens (primary N) is 1. The van der Waals surface area contributed by atoms with E-state index in [1.165, 1.54) is 0 Å². The van der Waals surface area contributed by atoms with Crippen LogP contribution >= 0.6 is 23.2 Å². The summed E-state index contributed by atoms with van der Waals surface area (Å²) in [7, 11) is 0. The molecule has 0 saturated carbocycles. The summed E-state index contributed by atoms with van der Waals surface area (Å²) in [6, 6.07) is 5.58. The van der Waals surface area contributed by atoms with Gasteiger partial charge < -0.3 is 10.3 Å². The van der Waals surface area contributed by atoms with E-state index < -0.39 is 0 Å². The smallest absolute Gasteiger partial charge is 0.132 e. The van der Waals surface area contributed by atoms with E-state index in [1.807, 2.05) is 17.6 Å². The standard InChI is InChI=1S/C13H15Cl2N3/c1-7(2)18-8(3)17-12(13(18)16)10-5-4-9(14)6-11(10)15/h4-7H,16H2,1-3H3. The predicted molar refractivity (Wildman–Crippen MR) is 77.2 cm³/mol. The second-order valence-electron chi connectivity index (χ2n) is 4.48. The number of rotatable bonds is 2. The average Bonchev–Trinajstić information content (AvgIpc) is 2.54. The van der Waals surface area contributed by atoms with Gasteiger partial charge in [0.05, 0.1) is 5.02 Å². The summed E-state index contributed by atoms with van der Waals surface area (Å²) in [5, 5.41) is 1.16. The molecule has 1 aromatic heterocycles. The van der Waals surface area contributed by atoms with Gasteiger partial charge in [-0.2, -0.15) is 0 Å². The monoisotopic (exact) mass is 283 g/mol. The Hall–Kier alpha value is -1.19. The number of imidazole rings is 1. The normalized spacial score (nSPS) is 11.2. The van der Waals surface area contributed by atoms with Crippen LogP contribution in [-0.2, 0) is 0 Å². The van der Waals surface area contributed by atoms with E-state index in [0.29, 0.717) is 21.6 Å². The molecule has 0 fully saturated rings. The summed E-state index contributed by atoms with van der Waals surface area (Å²) in [5.41, 5.74) is 7.67. The summed E-state index contributed by atoms with van der Waals surface area (Å²) in [6.45, 7) is 6.07. The lowest BCUT2D eigenvalue weighted by Crippen LogP contribution is -2.07. The minimum absolute atomic E-state index is 0.261. The maximum absolute atomic E-state index is 6.19. The first-order chi connectivity index (χ1) is 8.41. The fraction of sp³-hybridized carbons (Fsp3) is 0.308. The summed E-state index contributed by atoms with van der Waals surface area (Å²) >= 11 is 12.1. The number of aromatic nitrogens is 2. The molecule has 0 aliphatic heterocycles. The van der Waals surface area contributed by atoms with Gasteiger partial charge in [0.2, 0.25) is 0 Å². The van der Waals surface area contributed by atoms with E-state index in [-0.39, 0.29) is 6.04 Å². The minimum atomic E-state index is 0.261. The Bertz CT molecular complexity index is 588. The maximum atomic E-state index is 6.19. The zero-order valence-electron chi connectivity index (χ0n) is 10.5. The van der Waals surface area contributed by atoms with Crippen LogP contribution in [0.25, 0.3) is 11.3 Å². The van der Waals surface area contributed by atoms with Gasteiger partial charge in [-0.05, 0) is 39.0 Å². The van der Waals surface area contributed by atoms with E-state index in [9.17, 15) is 0 Å². The lowest BCUT2D eigenvalue weighted by molar-refractivity contribution is 0.590. The van der Waals surface area contributed by atoms with Crippen molar-refractivity contribution < 1.29 is 0 Å². The van der Waals surface area contributed by atoms with Gasteiger partial charge >= 0.3 is 0 Å². The first-order valence-electron chi connectivity index (χ1n) is 5.71. The van der Waals surface area contributed by atoms with E-state index in [2.05, 4.69) is 18.8 Å². The Kier molecular flexibility index (Phi) is 3.55. The van der Waals surface area contributed by atoms with Crippen molar-refractivity contribution in [3.8, 4) is 11.3 Å². The van der Waals surface area contributed by atoms with Crippen molar-refractivity contribution in [3.63, 3.8) is 0 Å². The van der Waals surface area contributed by atoms with Crippen LogP contribution in [-0.4, -0.2) is 9.55 Å². The van der Waals surface area contributed by atoms with Crippen molar-refractivity contribution in [1.29, 1.82) is 0 Å². The molecule has 0 atom stereocenters. The number of hydrogen-bond acceptors (Lipinski definition) is 2. The molecule has 1 heterocycles. The van der Waals surface area contributed by atoms with Gasteiger partial charge in [-0.25, -0.2) is 4.98 Å². The third-order valence-electron chi connectivity index (χ3n) is 2.83. The van der Waals surface area contributed by atoms with Gasteiger partial charge in [-0.15, -0.1) is 0 Å². The first kappa shape index (κ1) is 13.2. The second-order valence-corrected chi connectivity index (χ2v) is 5.32. The molecular formula is C13H15Cl2N3. The summed E-state index contributed by atoms with van der Waals surface area (Å²) in [6.07, 6.45) is 0. The lowest BCUT2D eigenvalue weighted by atomic mass is 10.1. The molecule has 0 amide bonds. The molecule has 18 heavy (non-hydrogen) atoms. The van der Waals surface area contributed by atoms with Crippen LogP contribution < -0.4 is 5.73 Å². The van der Waals surface area contributed by atoms with Crippen molar-refractivity contribution in [2.45, 2.75) is 26.8 Å². The Morgan fingerprint density at radius 3 is 2.44 bits per heavy atom. The molecule has 0 aliphatic rings. The quantitative estimate of drug-likeness (QED) is 0.892. The highest BCUT2D eigenvalue weighted by atomic mass is 35.5. The highest BCUT2D eigenvalue weighted by Crippen LogP contribution is 2.34. The molecular weight excluding hydrogens is 269 g/mol. The molecule has 0 aliphatic carbocycles. The lowest BCUT2D eigenvalue weighted by Gasteiger charge is -2.11. The van der Waals surface area contributed by atoms with Crippen LogP contribution in [0.4, 0.5) is 5.82 Å². The van der Waals surface area contributed by atoms with Crippen LogP contribution in [0, 0.1) is 6.92 Å². The molecule has 1 aromatic carbocycles. The minimum Gasteiger partial charge on any atom is -0.383 e. The van der Waals surface area contributed by atoms with Gasteiger partial charge in [-0.3, -0.25) is 0 Å². The Morgan fingerprint density at radius 1 is 1.28 bits per heavy atom. The SMILES string of the molecule is Cc1nc(-c2ccc(Cl)cc2Cl)c(N)n1C(C)C. The van der Waals surface area contributed by atoms with Crippen LogP contribution in [0.5, 0.6) is 0 Å². The third kappa shape index (κ3) is 2.20. The maximum Gasteiger partial charge on any atom is 0.132 e. The molecule has 2 N–H and O–H groups in total. The molecule has 0 unspecified atom stereocenters. The van der Waals surface area contributed by atoms with Crippen molar-refractivity contribution in [1.82, 2.24) is 9.55 Å². The fourth-order valence-corrected chi connectivity index (χ4v) is 2.59. The molecule has 0 bridgehead atoms. The number of nitrogen functional groups attached to an aromatic ring is 1. The number of hydrogen-bond donors (Lipinski definition) is 1. The van der Waals surface area contributed by atoms with Gasteiger partial charge in [0.15, 0.2) is 0 Å². The van der Waals surface area contributed by atoms with Gasteiger partial charge in [0, 0.05) is 16.6 Å². The van der Waals surface area contributed by atoms with Crippen molar-refractivity contribution in [3.05, 3.63) is 34.1 Å². The topological polar surface area (TPSA) is 43.8 Å². The number of halogens is 2. The number of nitrogens with zero attached hydrogens (tertiary/aromatic N) is 2.